The van der Waals surface area contributed by atoms with Crippen molar-refractivity contribution in [3.63, 3.8) is 0 Å². The Morgan fingerprint density at radius 3 is 2.65 bits per heavy atom. The lowest BCUT2D eigenvalue weighted by atomic mass is 9.90. The van der Waals surface area contributed by atoms with Crippen molar-refractivity contribution in [2.45, 2.75) is 52.0 Å². The molecule has 1 saturated heterocycles. The monoisotopic (exact) mass is 282 g/mol. The van der Waals surface area contributed by atoms with Crippen molar-refractivity contribution in [3.8, 4) is 0 Å². The zero-order chi connectivity index (χ0) is 14.5. The Kier molecular flexibility index (Phi) is 5.85. The molecule has 4 nitrogen and oxygen atoms in total. The van der Waals surface area contributed by atoms with E-state index in [-0.39, 0.29) is 0 Å². The highest BCUT2D eigenvalue weighted by Gasteiger charge is 2.31. The summed E-state index contributed by atoms with van der Waals surface area (Å²) >= 11 is 0. The second-order valence-electron chi connectivity index (χ2n) is 7.20. The zero-order valence-electron chi connectivity index (χ0n) is 13.0. The van der Waals surface area contributed by atoms with Gasteiger partial charge in [0.05, 0.1) is 0 Å². The molecule has 2 aliphatic rings. The van der Waals surface area contributed by atoms with Crippen LogP contribution in [0.15, 0.2) is 0 Å². The van der Waals surface area contributed by atoms with Crippen LogP contribution in [-0.4, -0.2) is 48.2 Å². The molecule has 0 radical (unpaired) electrons. The standard InChI is InChI=1S/C16H30N2O2/c1-12(2)8-17-15-7-14(5-6-16(19)20)10-18(11-15)9-13-3-4-13/h12-15,17H,3-11H2,1-2H3,(H,19,20). The van der Waals surface area contributed by atoms with Crippen molar-refractivity contribution < 1.29 is 9.90 Å². The van der Waals surface area contributed by atoms with Crippen LogP contribution in [0, 0.1) is 17.8 Å². The molecule has 1 saturated carbocycles. The van der Waals surface area contributed by atoms with Crippen LogP contribution in [-0.2, 0) is 4.79 Å². The lowest BCUT2D eigenvalue weighted by Crippen LogP contribution is -2.50. The highest BCUT2D eigenvalue weighted by molar-refractivity contribution is 5.66. The van der Waals surface area contributed by atoms with Gasteiger partial charge in [-0.15, -0.1) is 0 Å². The van der Waals surface area contributed by atoms with Gasteiger partial charge in [0, 0.05) is 32.1 Å². The van der Waals surface area contributed by atoms with E-state index in [1.54, 1.807) is 0 Å². The maximum atomic E-state index is 10.8. The number of likely N-dealkylation sites (tertiary alicyclic amines) is 1. The molecule has 0 amide bonds. The number of hydrogen-bond acceptors (Lipinski definition) is 3. The largest absolute Gasteiger partial charge is 0.481 e. The van der Waals surface area contributed by atoms with Crippen molar-refractivity contribution in [3.05, 3.63) is 0 Å². The number of piperidine rings is 1. The van der Waals surface area contributed by atoms with Crippen LogP contribution >= 0.6 is 0 Å². The Morgan fingerprint density at radius 1 is 1.30 bits per heavy atom. The fourth-order valence-electron chi connectivity index (χ4n) is 3.20. The summed E-state index contributed by atoms with van der Waals surface area (Å²) in [6.07, 6.45) is 5.07. The Bertz CT molecular complexity index is 316. The number of carboxylic acid groups (broad SMARTS) is 1. The summed E-state index contributed by atoms with van der Waals surface area (Å²) in [5, 5.41) is 12.6. The molecule has 1 heterocycles. The van der Waals surface area contributed by atoms with Gasteiger partial charge < -0.3 is 15.3 Å². The molecular weight excluding hydrogens is 252 g/mol. The topological polar surface area (TPSA) is 52.6 Å². The molecular formula is C16H30N2O2. The molecule has 2 unspecified atom stereocenters. The molecule has 1 aliphatic carbocycles. The molecule has 4 heteroatoms. The molecule has 20 heavy (non-hydrogen) atoms. The van der Waals surface area contributed by atoms with E-state index in [4.69, 9.17) is 5.11 Å². The van der Waals surface area contributed by atoms with E-state index in [0.717, 1.165) is 38.4 Å². The number of aliphatic carboxylic acids is 1. The lowest BCUT2D eigenvalue weighted by Gasteiger charge is -2.38. The number of rotatable bonds is 8. The molecule has 0 aromatic heterocycles. The van der Waals surface area contributed by atoms with Crippen LogP contribution in [0.25, 0.3) is 0 Å². The van der Waals surface area contributed by atoms with Crippen LogP contribution in [0.3, 0.4) is 0 Å². The van der Waals surface area contributed by atoms with E-state index >= 15 is 0 Å². The molecule has 2 atom stereocenters. The quantitative estimate of drug-likeness (QED) is 0.716. The maximum absolute atomic E-state index is 10.8. The lowest BCUT2D eigenvalue weighted by molar-refractivity contribution is -0.137. The Hall–Kier alpha value is -0.610. The van der Waals surface area contributed by atoms with Gasteiger partial charge in [-0.1, -0.05) is 13.8 Å². The van der Waals surface area contributed by atoms with Crippen LogP contribution in [0.4, 0.5) is 0 Å². The Balaban J connectivity index is 1.81. The normalized spacial score (nSPS) is 27.9. The Labute approximate surface area is 122 Å². The second-order valence-corrected chi connectivity index (χ2v) is 7.20. The van der Waals surface area contributed by atoms with Gasteiger partial charge in [-0.25, -0.2) is 0 Å². The van der Waals surface area contributed by atoms with E-state index < -0.39 is 5.97 Å². The minimum atomic E-state index is -0.656. The molecule has 116 valence electrons. The summed E-state index contributed by atoms with van der Waals surface area (Å²) < 4.78 is 0. The van der Waals surface area contributed by atoms with Gasteiger partial charge in [-0.2, -0.15) is 0 Å². The van der Waals surface area contributed by atoms with Crippen molar-refractivity contribution >= 4 is 5.97 Å². The average Bonchev–Trinajstić information content (AvgIpc) is 3.17. The third-order valence-corrected chi connectivity index (χ3v) is 4.41. The molecule has 0 aromatic rings. The summed E-state index contributed by atoms with van der Waals surface area (Å²) in [6.45, 7) is 9.01. The summed E-state index contributed by atoms with van der Waals surface area (Å²) in [7, 11) is 0. The average molecular weight is 282 g/mol. The highest BCUT2D eigenvalue weighted by Crippen LogP contribution is 2.32. The van der Waals surface area contributed by atoms with Gasteiger partial charge in [-0.3, -0.25) is 4.79 Å². The first kappa shape index (κ1) is 15.8. The van der Waals surface area contributed by atoms with Crippen LogP contribution in [0.5, 0.6) is 0 Å². The minimum Gasteiger partial charge on any atom is -0.481 e. The maximum Gasteiger partial charge on any atom is 0.303 e. The van der Waals surface area contributed by atoms with E-state index in [1.165, 1.54) is 19.4 Å². The minimum absolute atomic E-state index is 0.318. The van der Waals surface area contributed by atoms with Crippen LogP contribution < -0.4 is 5.32 Å². The highest BCUT2D eigenvalue weighted by atomic mass is 16.4. The molecule has 1 aliphatic heterocycles. The Morgan fingerprint density at radius 2 is 2.05 bits per heavy atom. The first-order valence-corrected chi connectivity index (χ1v) is 8.20. The first-order valence-electron chi connectivity index (χ1n) is 8.20. The third kappa shape index (κ3) is 5.80. The van der Waals surface area contributed by atoms with E-state index in [1.807, 2.05) is 0 Å². The van der Waals surface area contributed by atoms with Gasteiger partial charge in [0.15, 0.2) is 0 Å². The molecule has 2 rings (SSSR count). The van der Waals surface area contributed by atoms with Crippen LogP contribution in [0.1, 0.15) is 46.0 Å². The van der Waals surface area contributed by atoms with Crippen molar-refractivity contribution in [1.29, 1.82) is 0 Å². The first-order chi connectivity index (χ1) is 9.52. The second kappa shape index (κ2) is 7.41. The summed E-state index contributed by atoms with van der Waals surface area (Å²) in [5.41, 5.74) is 0. The van der Waals surface area contributed by atoms with Gasteiger partial charge in [0.2, 0.25) is 0 Å². The summed E-state index contributed by atoms with van der Waals surface area (Å²) in [5.74, 6) is 1.48. The number of nitrogens with zero attached hydrogens (tertiary/aromatic N) is 1. The third-order valence-electron chi connectivity index (χ3n) is 4.41. The van der Waals surface area contributed by atoms with E-state index in [0.29, 0.717) is 24.3 Å². The zero-order valence-corrected chi connectivity index (χ0v) is 13.0. The van der Waals surface area contributed by atoms with Gasteiger partial charge in [0.1, 0.15) is 0 Å². The van der Waals surface area contributed by atoms with Gasteiger partial charge >= 0.3 is 5.97 Å². The molecule has 2 N–H and O–H groups in total. The number of hydrogen-bond donors (Lipinski definition) is 2. The predicted octanol–water partition coefficient (Wildman–Crippen LogP) is 2.20. The smallest absolute Gasteiger partial charge is 0.303 e. The summed E-state index contributed by atoms with van der Waals surface area (Å²) in [6, 6.07) is 0.545. The number of carbonyl (C=O) groups is 1. The van der Waals surface area contributed by atoms with E-state index in [9.17, 15) is 4.79 Å². The molecule has 2 fully saturated rings. The van der Waals surface area contributed by atoms with Gasteiger partial charge in [0.25, 0.3) is 0 Å². The van der Waals surface area contributed by atoms with Crippen molar-refractivity contribution in [2.75, 3.05) is 26.2 Å². The molecule has 0 bridgehead atoms. The van der Waals surface area contributed by atoms with Crippen molar-refractivity contribution in [1.82, 2.24) is 10.2 Å². The predicted molar refractivity (Wildman–Crippen MR) is 80.8 cm³/mol. The fourth-order valence-corrected chi connectivity index (χ4v) is 3.20. The SMILES string of the molecule is CC(C)CNC1CC(CCC(=O)O)CN(CC2CC2)C1. The summed E-state index contributed by atoms with van der Waals surface area (Å²) in [4.78, 5) is 13.4. The number of nitrogens with one attached hydrogen (secondary N) is 1. The number of carboxylic acids is 1. The van der Waals surface area contributed by atoms with E-state index in [2.05, 4.69) is 24.1 Å². The van der Waals surface area contributed by atoms with Crippen LogP contribution in [0.2, 0.25) is 0 Å². The molecule has 0 aromatic carbocycles. The molecule has 0 spiro atoms. The van der Waals surface area contributed by atoms with Gasteiger partial charge in [-0.05, 0) is 50.0 Å². The van der Waals surface area contributed by atoms with Crippen molar-refractivity contribution in [2.24, 2.45) is 17.8 Å². The fraction of sp³-hybridized carbons (Fsp3) is 0.938.